The van der Waals surface area contributed by atoms with Crippen LogP contribution in [0.2, 0.25) is 0 Å². The number of nitrogens with zero attached hydrogens (tertiary/aromatic N) is 1. The van der Waals surface area contributed by atoms with Gasteiger partial charge in [-0.1, -0.05) is 18.6 Å². The number of aromatic nitrogens is 1. The summed E-state index contributed by atoms with van der Waals surface area (Å²) < 4.78 is 2.44. The molecule has 0 unspecified atom stereocenters. The van der Waals surface area contributed by atoms with Gasteiger partial charge in [-0.25, -0.2) is 0 Å². The molecule has 1 heteroatoms. The van der Waals surface area contributed by atoms with Gasteiger partial charge in [-0.2, -0.15) is 4.57 Å². The Morgan fingerprint density at radius 2 is 1.83 bits per heavy atom. The first-order valence-corrected chi connectivity index (χ1v) is 7.00. The third kappa shape index (κ3) is 1.92. The quantitative estimate of drug-likeness (QED) is 0.659. The van der Waals surface area contributed by atoms with Crippen LogP contribution in [0, 0.1) is 0 Å². The van der Waals surface area contributed by atoms with Crippen LogP contribution >= 0.6 is 0 Å². The van der Waals surface area contributed by atoms with Gasteiger partial charge >= 0.3 is 0 Å². The van der Waals surface area contributed by atoms with Gasteiger partial charge in [-0.3, -0.25) is 0 Å². The summed E-state index contributed by atoms with van der Waals surface area (Å²) in [5.74, 6) is 0.795. The summed E-state index contributed by atoms with van der Waals surface area (Å²) in [6.45, 7) is 6.85. The number of benzene rings is 1. The molecule has 1 aliphatic carbocycles. The number of hydrogen-bond donors (Lipinski definition) is 0. The highest BCUT2D eigenvalue weighted by molar-refractivity contribution is 5.76. The van der Waals surface area contributed by atoms with Crippen LogP contribution in [-0.2, 0) is 5.54 Å². The van der Waals surface area contributed by atoms with Gasteiger partial charge in [0.25, 0.3) is 0 Å². The van der Waals surface area contributed by atoms with E-state index in [9.17, 15) is 0 Å². The maximum Gasteiger partial charge on any atom is 0.212 e. The molecule has 94 valence electrons. The van der Waals surface area contributed by atoms with Gasteiger partial charge in [0, 0.05) is 37.8 Å². The van der Waals surface area contributed by atoms with Crippen molar-refractivity contribution in [2.24, 2.45) is 0 Å². The molecule has 0 amide bonds. The van der Waals surface area contributed by atoms with Gasteiger partial charge in [0.1, 0.15) is 0 Å². The molecule has 3 rings (SSSR count). The SMILES string of the molecule is CC(C)(C)[n+]1cc(C2CCC2)cc2ccccc21. The van der Waals surface area contributed by atoms with E-state index in [4.69, 9.17) is 0 Å². The molecule has 0 atom stereocenters. The lowest BCUT2D eigenvalue weighted by molar-refractivity contribution is -0.731. The minimum atomic E-state index is 0.138. The van der Waals surface area contributed by atoms with E-state index < -0.39 is 0 Å². The Morgan fingerprint density at radius 3 is 2.44 bits per heavy atom. The van der Waals surface area contributed by atoms with Crippen molar-refractivity contribution in [3.8, 4) is 0 Å². The van der Waals surface area contributed by atoms with Crippen LogP contribution in [-0.4, -0.2) is 0 Å². The summed E-state index contributed by atoms with van der Waals surface area (Å²) in [4.78, 5) is 0. The van der Waals surface area contributed by atoms with Crippen molar-refractivity contribution in [3.63, 3.8) is 0 Å². The largest absolute Gasteiger partial charge is 0.212 e. The maximum atomic E-state index is 2.44. The van der Waals surface area contributed by atoms with E-state index in [1.54, 1.807) is 0 Å². The van der Waals surface area contributed by atoms with E-state index in [-0.39, 0.29) is 5.54 Å². The number of fused-ring (bicyclic) bond motifs is 1. The predicted octanol–water partition coefficient (Wildman–Crippen LogP) is 4.15. The molecular formula is C17H22N+. The fourth-order valence-electron chi connectivity index (χ4n) is 2.78. The Bertz CT molecular complexity index is 574. The molecule has 0 saturated heterocycles. The standard InChI is InChI=1S/C17H22N/c1-17(2,3)18-12-15(13-8-6-9-13)11-14-7-4-5-10-16(14)18/h4-5,7,10-13H,6,8-9H2,1-3H3/q+1. The molecule has 1 fully saturated rings. The maximum absolute atomic E-state index is 2.44. The minimum Gasteiger partial charge on any atom is -0.194 e. The Morgan fingerprint density at radius 1 is 1.11 bits per heavy atom. The summed E-state index contributed by atoms with van der Waals surface area (Å²) >= 11 is 0. The number of para-hydroxylation sites is 1. The van der Waals surface area contributed by atoms with Gasteiger partial charge in [-0.15, -0.1) is 0 Å². The highest BCUT2D eigenvalue weighted by Crippen LogP contribution is 2.36. The summed E-state index contributed by atoms with van der Waals surface area (Å²) in [5.41, 5.74) is 3.00. The zero-order chi connectivity index (χ0) is 12.8. The minimum absolute atomic E-state index is 0.138. The Hall–Kier alpha value is -1.37. The second kappa shape index (κ2) is 4.08. The van der Waals surface area contributed by atoms with Crippen molar-refractivity contribution in [2.75, 3.05) is 0 Å². The Kier molecular flexibility index (Phi) is 2.65. The lowest BCUT2D eigenvalue weighted by Gasteiger charge is -2.26. The van der Waals surface area contributed by atoms with Crippen LogP contribution in [0.4, 0.5) is 0 Å². The summed E-state index contributed by atoms with van der Waals surface area (Å²) in [6, 6.07) is 11.1. The van der Waals surface area contributed by atoms with E-state index in [0.29, 0.717) is 0 Å². The molecule has 1 nitrogen and oxygen atoms in total. The third-order valence-electron chi connectivity index (χ3n) is 4.10. The zero-order valence-corrected chi connectivity index (χ0v) is 11.6. The summed E-state index contributed by atoms with van der Waals surface area (Å²) in [6.07, 6.45) is 6.50. The summed E-state index contributed by atoms with van der Waals surface area (Å²) in [5, 5.41) is 1.37. The van der Waals surface area contributed by atoms with E-state index >= 15 is 0 Å². The predicted molar refractivity (Wildman–Crippen MR) is 75.7 cm³/mol. The van der Waals surface area contributed by atoms with E-state index in [2.05, 4.69) is 61.9 Å². The molecule has 2 aromatic rings. The monoisotopic (exact) mass is 240 g/mol. The van der Waals surface area contributed by atoms with E-state index in [1.165, 1.54) is 35.7 Å². The van der Waals surface area contributed by atoms with Crippen LogP contribution in [0.15, 0.2) is 36.5 Å². The van der Waals surface area contributed by atoms with Crippen molar-refractivity contribution >= 4 is 10.9 Å². The molecule has 18 heavy (non-hydrogen) atoms. The molecule has 0 spiro atoms. The van der Waals surface area contributed by atoms with E-state index in [1.807, 2.05) is 0 Å². The molecule has 1 aliphatic rings. The fourth-order valence-corrected chi connectivity index (χ4v) is 2.78. The average molecular weight is 240 g/mol. The van der Waals surface area contributed by atoms with E-state index in [0.717, 1.165) is 5.92 Å². The molecule has 1 heterocycles. The second-order valence-electron chi connectivity index (χ2n) is 6.50. The van der Waals surface area contributed by atoms with Gasteiger partial charge in [0.15, 0.2) is 11.7 Å². The zero-order valence-electron chi connectivity index (χ0n) is 11.6. The van der Waals surface area contributed by atoms with Gasteiger partial charge < -0.3 is 0 Å². The van der Waals surface area contributed by atoms with Crippen molar-refractivity contribution in [3.05, 3.63) is 42.1 Å². The molecule has 0 bridgehead atoms. The first-order chi connectivity index (χ1) is 8.55. The van der Waals surface area contributed by atoms with Gasteiger partial charge in [0.2, 0.25) is 5.52 Å². The molecule has 1 aromatic heterocycles. The van der Waals surface area contributed by atoms with Gasteiger partial charge in [0.05, 0.1) is 0 Å². The molecule has 1 saturated carbocycles. The molecule has 1 aromatic carbocycles. The first-order valence-electron chi connectivity index (χ1n) is 7.00. The Labute approximate surface area is 109 Å². The van der Waals surface area contributed by atoms with Crippen LogP contribution in [0.5, 0.6) is 0 Å². The molecule has 0 aliphatic heterocycles. The van der Waals surface area contributed by atoms with Crippen molar-refractivity contribution in [2.45, 2.75) is 51.5 Å². The highest BCUT2D eigenvalue weighted by atomic mass is 15.0. The van der Waals surface area contributed by atoms with Crippen molar-refractivity contribution < 1.29 is 4.57 Å². The van der Waals surface area contributed by atoms with Crippen molar-refractivity contribution in [1.82, 2.24) is 0 Å². The average Bonchev–Trinajstić information content (AvgIpc) is 2.24. The second-order valence-corrected chi connectivity index (χ2v) is 6.50. The fraction of sp³-hybridized carbons (Fsp3) is 0.471. The van der Waals surface area contributed by atoms with Gasteiger partial charge in [-0.05, 0) is 30.9 Å². The van der Waals surface area contributed by atoms with Crippen LogP contribution in [0.1, 0.15) is 51.5 Å². The summed E-state index contributed by atoms with van der Waals surface area (Å²) in [7, 11) is 0. The third-order valence-corrected chi connectivity index (χ3v) is 4.10. The number of rotatable bonds is 1. The lowest BCUT2D eigenvalue weighted by atomic mass is 9.80. The first kappa shape index (κ1) is 11.7. The smallest absolute Gasteiger partial charge is 0.194 e. The van der Waals surface area contributed by atoms with Crippen LogP contribution < -0.4 is 4.57 Å². The highest BCUT2D eigenvalue weighted by Gasteiger charge is 2.28. The lowest BCUT2D eigenvalue weighted by Crippen LogP contribution is -2.51. The number of pyridine rings is 1. The molecular weight excluding hydrogens is 218 g/mol. The topological polar surface area (TPSA) is 3.88 Å². The molecule has 0 N–H and O–H groups in total. The normalized spacial score (nSPS) is 16.8. The Balaban J connectivity index is 2.23. The number of hydrogen-bond acceptors (Lipinski definition) is 0. The van der Waals surface area contributed by atoms with Crippen molar-refractivity contribution in [1.29, 1.82) is 0 Å². The van der Waals surface area contributed by atoms with Crippen LogP contribution in [0.25, 0.3) is 10.9 Å². The van der Waals surface area contributed by atoms with Crippen LogP contribution in [0.3, 0.4) is 0 Å². The molecule has 0 radical (unpaired) electrons.